The van der Waals surface area contributed by atoms with E-state index in [2.05, 4.69) is 20.7 Å². The maximum absolute atomic E-state index is 12.6. The van der Waals surface area contributed by atoms with Gasteiger partial charge in [-0.15, -0.1) is 0 Å². The Hall–Kier alpha value is -1.58. The number of esters is 1. The first-order valence-electron chi connectivity index (χ1n) is 8.26. The molecule has 0 atom stereocenters. The zero-order valence-electron chi connectivity index (χ0n) is 15.0. The summed E-state index contributed by atoms with van der Waals surface area (Å²) in [5, 5.41) is 9.89. The number of carbonyl (C=O) groups excluding carboxylic acids is 2. The van der Waals surface area contributed by atoms with Crippen LogP contribution in [0.4, 0.5) is 0 Å². The van der Waals surface area contributed by atoms with Gasteiger partial charge in [-0.25, -0.2) is 0 Å². The molecule has 0 unspecified atom stereocenters. The highest BCUT2D eigenvalue weighted by atomic mass is 79.9. The van der Waals surface area contributed by atoms with Crippen molar-refractivity contribution in [1.29, 1.82) is 0 Å². The molecule has 0 bridgehead atoms. The maximum atomic E-state index is 12.6. The number of benzene rings is 1. The number of hydrogen-bond acceptors (Lipinski definition) is 7. The highest BCUT2D eigenvalue weighted by molar-refractivity contribution is 9.10. The van der Waals surface area contributed by atoms with Crippen molar-refractivity contribution >= 4 is 62.2 Å². The summed E-state index contributed by atoms with van der Waals surface area (Å²) in [4.78, 5) is 25.8. The highest BCUT2D eigenvalue weighted by Crippen LogP contribution is 2.38. The Morgan fingerprint density at radius 3 is 2.74 bits per heavy atom. The van der Waals surface area contributed by atoms with Crippen molar-refractivity contribution in [3.05, 3.63) is 27.1 Å². The van der Waals surface area contributed by atoms with Crippen LogP contribution in [0.15, 0.2) is 21.5 Å². The van der Waals surface area contributed by atoms with Crippen LogP contribution in [0.2, 0.25) is 0 Å². The average Bonchev–Trinajstić information content (AvgIpc) is 2.91. The quantitative estimate of drug-likeness (QED) is 0.263. The molecular formula is C18H20BrNO5S2. The van der Waals surface area contributed by atoms with Gasteiger partial charge in [0.15, 0.2) is 11.5 Å². The topological polar surface area (TPSA) is 76.1 Å². The first-order valence-corrected chi connectivity index (χ1v) is 10.3. The van der Waals surface area contributed by atoms with E-state index in [1.807, 2.05) is 0 Å². The molecule has 0 radical (unpaired) electrons. The van der Waals surface area contributed by atoms with Gasteiger partial charge in [-0.3, -0.25) is 14.5 Å². The molecule has 1 aliphatic heterocycles. The molecule has 1 saturated heterocycles. The van der Waals surface area contributed by atoms with Crippen molar-refractivity contribution in [3.8, 4) is 11.5 Å². The van der Waals surface area contributed by atoms with E-state index in [0.717, 1.165) is 24.8 Å². The maximum Gasteiger partial charge on any atom is 0.305 e. The van der Waals surface area contributed by atoms with Crippen LogP contribution in [0.1, 0.15) is 31.2 Å². The largest absolute Gasteiger partial charge is 0.503 e. The molecule has 1 heterocycles. The van der Waals surface area contributed by atoms with E-state index in [4.69, 9.17) is 17.0 Å². The van der Waals surface area contributed by atoms with E-state index in [0.29, 0.717) is 32.4 Å². The second-order valence-electron chi connectivity index (χ2n) is 5.77. The van der Waals surface area contributed by atoms with Crippen molar-refractivity contribution in [2.24, 2.45) is 0 Å². The monoisotopic (exact) mass is 473 g/mol. The molecular weight excluding hydrogens is 454 g/mol. The number of amides is 1. The molecule has 1 aliphatic rings. The first kappa shape index (κ1) is 21.7. The summed E-state index contributed by atoms with van der Waals surface area (Å²) in [6.45, 7) is 0.520. The van der Waals surface area contributed by atoms with E-state index in [1.165, 1.54) is 26.0 Å². The Bertz CT molecular complexity index is 781. The standard InChI is InChI=1S/C18H20BrNO5S2/c1-24-13-9-11(8-12(19)16(13)22)10-14-17(23)20(18(26)27-14)7-5-3-4-6-15(21)25-2/h8-10,22H,3-7H2,1-2H3/b14-10-. The van der Waals surface area contributed by atoms with Crippen molar-refractivity contribution < 1.29 is 24.2 Å². The predicted molar refractivity (Wildman–Crippen MR) is 113 cm³/mol. The van der Waals surface area contributed by atoms with Crippen LogP contribution in [-0.4, -0.2) is 47.0 Å². The lowest BCUT2D eigenvalue weighted by molar-refractivity contribution is -0.140. The number of halogens is 1. The Morgan fingerprint density at radius 1 is 1.33 bits per heavy atom. The lowest BCUT2D eigenvalue weighted by Crippen LogP contribution is -2.29. The summed E-state index contributed by atoms with van der Waals surface area (Å²) in [5.74, 6) is -0.0361. The van der Waals surface area contributed by atoms with Crippen LogP contribution in [0, 0.1) is 0 Å². The fraction of sp³-hybridized carbons (Fsp3) is 0.389. The van der Waals surface area contributed by atoms with E-state index in [-0.39, 0.29) is 17.6 Å². The molecule has 27 heavy (non-hydrogen) atoms. The molecule has 0 aromatic heterocycles. The number of rotatable bonds is 8. The van der Waals surface area contributed by atoms with E-state index in [9.17, 15) is 14.7 Å². The SMILES string of the molecule is COC(=O)CCCCCN1C(=O)/C(=C/c2cc(Br)c(O)c(OC)c2)SC1=S. The molecule has 9 heteroatoms. The van der Waals surface area contributed by atoms with Gasteiger partial charge >= 0.3 is 5.97 Å². The van der Waals surface area contributed by atoms with Crippen molar-refractivity contribution in [3.63, 3.8) is 0 Å². The summed E-state index contributed by atoms with van der Waals surface area (Å²) in [6, 6.07) is 3.36. The van der Waals surface area contributed by atoms with Gasteiger partial charge in [-0.2, -0.15) is 0 Å². The molecule has 0 spiro atoms. The number of phenols is 1. The summed E-state index contributed by atoms with van der Waals surface area (Å²) >= 11 is 9.84. The molecule has 0 aliphatic carbocycles. The van der Waals surface area contributed by atoms with Crippen LogP contribution >= 0.6 is 39.9 Å². The molecule has 1 aromatic rings. The second kappa shape index (κ2) is 10.1. The molecule has 1 fully saturated rings. The van der Waals surface area contributed by atoms with Crippen LogP contribution in [0.5, 0.6) is 11.5 Å². The zero-order chi connectivity index (χ0) is 20.0. The average molecular weight is 474 g/mol. The van der Waals surface area contributed by atoms with Crippen molar-refractivity contribution in [2.45, 2.75) is 25.7 Å². The predicted octanol–water partition coefficient (Wildman–Crippen LogP) is 4.10. The number of aromatic hydroxyl groups is 1. The number of unbranched alkanes of at least 4 members (excludes halogenated alkanes) is 2. The first-order chi connectivity index (χ1) is 12.9. The molecule has 2 rings (SSSR count). The smallest absolute Gasteiger partial charge is 0.305 e. The third kappa shape index (κ3) is 5.70. The zero-order valence-corrected chi connectivity index (χ0v) is 18.2. The Labute approximate surface area is 176 Å². The normalized spacial score (nSPS) is 15.5. The van der Waals surface area contributed by atoms with Crippen LogP contribution in [0.3, 0.4) is 0 Å². The second-order valence-corrected chi connectivity index (χ2v) is 8.30. The van der Waals surface area contributed by atoms with Gasteiger partial charge in [0, 0.05) is 13.0 Å². The number of ether oxygens (including phenoxy) is 2. The lowest BCUT2D eigenvalue weighted by Gasteiger charge is -2.13. The van der Waals surface area contributed by atoms with Gasteiger partial charge in [0.2, 0.25) is 0 Å². The lowest BCUT2D eigenvalue weighted by atomic mass is 10.1. The van der Waals surface area contributed by atoms with E-state index < -0.39 is 0 Å². The van der Waals surface area contributed by atoms with Gasteiger partial charge < -0.3 is 14.6 Å². The Morgan fingerprint density at radius 2 is 2.07 bits per heavy atom. The van der Waals surface area contributed by atoms with Crippen LogP contribution in [0.25, 0.3) is 6.08 Å². The Kier molecular flexibility index (Phi) is 8.12. The van der Waals surface area contributed by atoms with Gasteiger partial charge in [0.25, 0.3) is 5.91 Å². The number of thiocarbonyl (C=S) groups is 1. The third-order valence-electron chi connectivity index (χ3n) is 3.93. The minimum Gasteiger partial charge on any atom is -0.503 e. The van der Waals surface area contributed by atoms with Crippen LogP contribution in [-0.2, 0) is 14.3 Å². The summed E-state index contributed by atoms with van der Waals surface area (Å²) in [6.07, 6.45) is 4.40. The number of nitrogens with zero attached hydrogens (tertiary/aromatic N) is 1. The van der Waals surface area contributed by atoms with Gasteiger partial charge in [0.05, 0.1) is 23.6 Å². The summed E-state index contributed by atoms with van der Waals surface area (Å²) < 4.78 is 10.7. The molecule has 1 N–H and O–H groups in total. The fourth-order valence-electron chi connectivity index (χ4n) is 2.49. The van der Waals surface area contributed by atoms with Crippen molar-refractivity contribution in [1.82, 2.24) is 4.90 Å². The van der Waals surface area contributed by atoms with Crippen molar-refractivity contribution in [2.75, 3.05) is 20.8 Å². The fourth-order valence-corrected chi connectivity index (χ4v) is 4.26. The molecule has 0 saturated carbocycles. The molecule has 146 valence electrons. The van der Waals surface area contributed by atoms with Gasteiger partial charge in [0.1, 0.15) is 4.32 Å². The number of phenolic OH excluding ortho intramolecular Hbond substituents is 1. The number of methoxy groups -OCH3 is 2. The number of carbonyl (C=O) groups is 2. The number of hydrogen-bond donors (Lipinski definition) is 1. The minimum absolute atomic E-state index is 0.00848. The van der Waals surface area contributed by atoms with E-state index in [1.54, 1.807) is 23.1 Å². The molecule has 1 amide bonds. The van der Waals surface area contributed by atoms with Gasteiger partial charge in [-0.05, 0) is 52.5 Å². The van der Waals surface area contributed by atoms with Crippen LogP contribution < -0.4 is 4.74 Å². The molecule has 6 nitrogen and oxygen atoms in total. The Balaban J connectivity index is 2.00. The highest BCUT2D eigenvalue weighted by Gasteiger charge is 2.31. The molecule has 1 aromatic carbocycles. The number of thioether (sulfide) groups is 1. The third-order valence-corrected chi connectivity index (χ3v) is 5.91. The van der Waals surface area contributed by atoms with Gasteiger partial charge in [-0.1, -0.05) is 30.4 Å². The van der Waals surface area contributed by atoms with E-state index >= 15 is 0 Å². The minimum atomic E-state index is -0.223. The summed E-state index contributed by atoms with van der Waals surface area (Å²) in [7, 11) is 2.84. The summed E-state index contributed by atoms with van der Waals surface area (Å²) in [5.41, 5.74) is 0.718.